The predicted octanol–water partition coefficient (Wildman–Crippen LogP) is 15.0. The van der Waals surface area contributed by atoms with E-state index in [1.165, 1.54) is 33.4 Å². The van der Waals surface area contributed by atoms with Crippen molar-refractivity contribution in [3.8, 4) is 78.7 Å². The fourth-order valence-corrected chi connectivity index (χ4v) is 8.29. The Labute approximate surface area is 352 Å². The lowest BCUT2D eigenvalue weighted by Crippen LogP contribution is -2.02. The van der Waals surface area contributed by atoms with Gasteiger partial charge in [-0.25, -0.2) is 15.0 Å². The minimum Gasteiger partial charge on any atom is -0.208 e. The van der Waals surface area contributed by atoms with Crippen molar-refractivity contribution >= 4 is 11.1 Å². The molecule has 1 heterocycles. The van der Waals surface area contributed by atoms with Gasteiger partial charge < -0.3 is 0 Å². The summed E-state index contributed by atoms with van der Waals surface area (Å²) in [4.78, 5) is 15.6. The molecule has 2 aliphatic rings. The van der Waals surface area contributed by atoms with E-state index < -0.39 is 0 Å². The zero-order valence-electron chi connectivity index (χ0n) is 33.4. The minimum atomic E-state index is 0.629. The molecule has 0 amide bonds. The van der Waals surface area contributed by atoms with E-state index in [1.807, 2.05) is 18.2 Å². The first kappa shape index (κ1) is 36.8. The molecule has 0 bridgehead atoms. The van der Waals surface area contributed by atoms with Gasteiger partial charge in [0.05, 0.1) is 0 Å². The molecule has 0 N–H and O–H groups in total. The second kappa shape index (κ2) is 16.8. The molecule has 7 aromatic carbocycles. The molecule has 60 heavy (non-hydrogen) atoms. The second-order valence-corrected chi connectivity index (χ2v) is 15.4. The molecule has 0 unspecified atom stereocenters. The highest BCUT2D eigenvalue weighted by molar-refractivity contribution is 5.87. The van der Waals surface area contributed by atoms with Gasteiger partial charge in [-0.05, 0) is 105 Å². The maximum atomic E-state index is 5.30. The van der Waals surface area contributed by atoms with E-state index >= 15 is 0 Å². The third-order valence-corrected chi connectivity index (χ3v) is 11.4. The Morgan fingerprint density at radius 2 is 0.650 bits per heavy atom. The molecular weight excluding hydrogens is 727 g/mol. The molecule has 10 rings (SSSR count). The number of nitrogens with zero attached hydrogens (tertiary/aromatic N) is 3. The fourth-order valence-electron chi connectivity index (χ4n) is 8.29. The SMILES string of the molecule is C1=CC(c2ccc(-c3cccc(-c4ccccc4-c4nc(-c5ccccc5)nc(-c5ccccc5-c5cccc(-c6ccc(C7=CCCC=C7)cc6)c5)n4)c3)cc2)=CCC1. The van der Waals surface area contributed by atoms with Crippen LogP contribution in [0.4, 0.5) is 0 Å². The lowest BCUT2D eigenvalue weighted by Gasteiger charge is -2.15. The minimum absolute atomic E-state index is 0.629. The zero-order valence-corrected chi connectivity index (χ0v) is 33.4. The summed E-state index contributed by atoms with van der Waals surface area (Å²) in [6.45, 7) is 0. The van der Waals surface area contributed by atoms with E-state index in [0.29, 0.717) is 17.5 Å². The van der Waals surface area contributed by atoms with E-state index in [4.69, 9.17) is 15.0 Å². The van der Waals surface area contributed by atoms with Gasteiger partial charge in [-0.3, -0.25) is 0 Å². The van der Waals surface area contributed by atoms with Gasteiger partial charge in [-0.1, -0.05) is 200 Å². The van der Waals surface area contributed by atoms with E-state index in [0.717, 1.165) is 75.8 Å². The lowest BCUT2D eigenvalue weighted by atomic mass is 9.93. The molecule has 1 aromatic heterocycles. The number of allylic oxidation sites excluding steroid dienone is 8. The van der Waals surface area contributed by atoms with Crippen molar-refractivity contribution in [1.82, 2.24) is 15.0 Å². The van der Waals surface area contributed by atoms with E-state index in [-0.39, 0.29) is 0 Å². The summed E-state index contributed by atoms with van der Waals surface area (Å²) in [6.07, 6.45) is 18.1. The number of aromatic nitrogens is 3. The predicted molar refractivity (Wildman–Crippen MR) is 251 cm³/mol. The Hall–Kier alpha value is -7.49. The van der Waals surface area contributed by atoms with Crippen LogP contribution in [0.25, 0.3) is 89.8 Å². The van der Waals surface area contributed by atoms with Gasteiger partial charge in [0.25, 0.3) is 0 Å². The molecule has 0 saturated heterocycles. The van der Waals surface area contributed by atoms with Crippen molar-refractivity contribution < 1.29 is 0 Å². The zero-order chi connectivity index (χ0) is 40.1. The van der Waals surface area contributed by atoms with Crippen LogP contribution in [-0.2, 0) is 0 Å². The Balaban J connectivity index is 1.03. The van der Waals surface area contributed by atoms with Crippen LogP contribution in [0.15, 0.2) is 212 Å². The highest BCUT2D eigenvalue weighted by Crippen LogP contribution is 2.38. The maximum absolute atomic E-state index is 5.30. The Morgan fingerprint density at radius 1 is 0.267 bits per heavy atom. The Morgan fingerprint density at radius 3 is 1.10 bits per heavy atom. The van der Waals surface area contributed by atoms with E-state index in [1.54, 1.807) is 0 Å². The molecule has 8 aromatic rings. The van der Waals surface area contributed by atoms with Crippen LogP contribution in [0.5, 0.6) is 0 Å². The molecule has 0 fully saturated rings. The third kappa shape index (κ3) is 7.74. The molecule has 2 aliphatic carbocycles. The molecule has 3 heteroatoms. The van der Waals surface area contributed by atoms with Crippen molar-refractivity contribution in [2.75, 3.05) is 0 Å². The van der Waals surface area contributed by atoms with Crippen molar-refractivity contribution in [2.45, 2.75) is 25.7 Å². The molecule has 0 radical (unpaired) electrons. The van der Waals surface area contributed by atoms with Crippen molar-refractivity contribution in [2.24, 2.45) is 0 Å². The quantitative estimate of drug-likeness (QED) is 0.147. The Kier molecular flexibility index (Phi) is 10.3. The molecule has 0 atom stereocenters. The normalized spacial score (nSPS) is 13.5. The van der Waals surface area contributed by atoms with Crippen LogP contribution >= 0.6 is 0 Å². The molecule has 0 aliphatic heterocycles. The first-order valence-electron chi connectivity index (χ1n) is 20.9. The van der Waals surface area contributed by atoms with Crippen molar-refractivity contribution in [3.63, 3.8) is 0 Å². The van der Waals surface area contributed by atoms with Crippen LogP contribution in [0, 0.1) is 0 Å². The summed E-state index contributed by atoms with van der Waals surface area (Å²) < 4.78 is 0. The van der Waals surface area contributed by atoms with Gasteiger partial charge in [0.2, 0.25) is 0 Å². The van der Waals surface area contributed by atoms with E-state index in [9.17, 15) is 0 Å². The number of hydrogen-bond acceptors (Lipinski definition) is 3. The molecular formula is C57H43N3. The van der Waals surface area contributed by atoms with Gasteiger partial charge in [0.15, 0.2) is 17.5 Å². The molecule has 0 spiro atoms. The molecule has 0 saturated carbocycles. The molecule has 286 valence electrons. The first-order valence-corrected chi connectivity index (χ1v) is 20.9. The largest absolute Gasteiger partial charge is 0.208 e. The summed E-state index contributed by atoms with van der Waals surface area (Å²) in [5.74, 6) is 1.89. The van der Waals surface area contributed by atoms with Crippen LogP contribution in [0.1, 0.15) is 36.8 Å². The smallest absolute Gasteiger partial charge is 0.164 e. The van der Waals surface area contributed by atoms with Crippen LogP contribution in [0.3, 0.4) is 0 Å². The topological polar surface area (TPSA) is 38.7 Å². The molecule has 3 nitrogen and oxygen atoms in total. The summed E-state index contributed by atoms with van der Waals surface area (Å²) in [6, 6.07) is 62.5. The van der Waals surface area contributed by atoms with Gasteiger partial charge in [-0.15, -0.1) is 0 Å². The third-order valence-electron chi connectivity index (χ3n) is 11.4. The number of rotatable bonds is 9. The summed E-state index contributed by atoms with van der Waals surface area (Å²) in [5, 5.41) is 0. The number of hydrogen-bond donors (Lipinski definition) is 0. The summed E-state index contributed by atoms with van der Waals surface area (Å²) >= 11 is 0. The summed E-state index contributed by atoms with van der Waals surface area (Å²) in [7, 11) is 0. The van der Waals surface area contributed by atoms with Crippen LogP contribution < -0.4 is 0 Å². The van der Waals surface area contributed by atoms with Crippen molar-refractivity contribution in [3.05, 3.63) is 224 Å². The van der Waals surface area contributed by atoms with Gasteiger partial charge in [0, 0.05) is 16.7 Å². The number of benzene rings is 7. The highest BCUT2D eigenvalue weighted by atomic mass is 15.0. The maximum Gasteiger partial charge on any atom is 0.164 e. The first-order chi connectivity index (χ1) is 29.7. The Bertz CT molecular complexity index is 2770. The monoisotopic (exact) mass is 769 g/mol. The summed E-state index contributed by atoms with van der Waals surface area (Å²) in [5.41, 5.74) is 16.9. The van der Waals surface area contributed by atoms with E-state index in [2.05, 4.69) is 194 Å². The van der Waals surface area contributed by atoms with Crippen LogP contribution in [-0.4, -0.2) is 15.0 Å². The van der Waals surface area contributed by atoms with Gasteiger partial charge in [-0.2, -0.15) is 0 Å². The standard InChI is InChI=1S/C57H43N3/c1-4-16-40(17-5-1)42-30-34-44(35-31-42)47-22-14-24-49(38-47)51-26-10-12-28-53(51)56-58-55(46-20-8-3-9-21-46)59-57(60-56)54-29-13-11-27-52(54)50-25-15-23-48(39-50)45-36-32-43(33-37-45)41-18-6-2-7-19-41/h3-4,6,8-39H,1-2,5,7H2. The highest BCUT2D eigenvalue weighted by Gasteiger charge is 2.18. The second-order valence-electron chi connectivity index (χ2n) is 15.4. The fraction of sp³-hybridized carbons (Fsp3) is 0.0702. The van der Waals surface area contributed by atoms with Crippen LogP contribution in [0.2, 0.25) is 0 Å². The average Bonchev–Trinajstić information content (AvgIpc) is 3.35. The van der Waals surface area contributed by atoms with Crippen molar-refractivity contribution in [1.29, 1.82) is 0 Å². The van der Waals surface area contributed by atoms with Gasteiger partial charge >= 0.3 is 0 Å². The lowest BCUT2D eigenvalue weighted by molar-refractivity contribution is 1.04. The van der Waals surface area contributed by atoms with Gasteiger partial charge in [0.1, 0.15) is 0 Å². The average molecular weight is 770 g/mol.